The van der Waals surface area contributed by atoms with Crippen LogP contribution in [0.15, 0.2) is 65.0 Å². The van der Waals surface area contributed by atoms with Crippen molar-refractivity contribution in [3.05, 3.63) is 71.8 Å². The maximum Gasteiger partial charge on any atom is 0.206 e. The summed E-state index contributed by atoms with van der Waals surface area (Å²) in [6.45, 7) is 0.786. The number of hydrogen-bond acceptors (Lipinski definition) is 5. The molecule has 2 aromatic carbocycles. The van der Waals surface area contributed by atoms with E-state index in [0.717, 1.165) is 34.6 Å². The Hall–Kier alpha value is -1.85. The normalized spacial score (nSPS) is 10.6. The van der Waals surface area contributed by atoms with Crippen molar-refractivity contribution in [1.29, 1.82) is 0 Å². The molecule has 118 valence electrons. The number of nitrogens with zero attached hydrogens (tertiary/aromatic N) is 2. The maximum atomic E-state index is 4.24. The summed E-state index contributed by atoms with van der Waals surface area (Å²) in [4.78, 5) is 0. The van der Waals surface area contributed by atoms with Crippen LogP contribution in [0.3, 0.4) is 0 Å². The van der Waals surface area contributed by atoms with Crippen LogP contribution in [0.25, 0.3) is 0 Å². The van der Waals surface area contributed by atoms with E-state index in [4.69, 9.17) is 0 Å². The number of nitrogens with one attached hydrogen (secondary N) is 1. The molecule has 0 spiro atoms. The van der Waals surface area contributed by atoms with Gasteiger partial charge in [-0.3, -0.25) is 0 Å². The second kappa shape index (κ2) is 8.70. The Bertz CT molecular complexity index is 699. The van der Waals surface area contributed by atoms with Crippen molar-refractivity contribution in [2.45, 2.75) is 23.7 Å². The first-order valence-electron chi connectivity index (χ1n) is 7.68. The highest BCUT2D eigenvalue weighted by atomic mass is 32.2. The first-order chi connectivity index (χ1) is 11.4. The van der Waals surface area contributed by atoms with Crippen LogP contribution in [0.2, 0.25) is 0 Å². The minimum Gasteiger partial charge on any atom is -0.356 e. The summed E-state index contributed by atoms with van der Waals surface area (Å²) in [6.07, 6.45) is 2.27. The first-order valence-corrected chi connectivity index (χ1v) is 9.48. The highest BCUT2D eigenvalue weighted by Gasteiger charge is 2.04. The summed E-state index contributed by atoms with van der Waals surface area (Å²) < 4.78 is 1.04. The topological polar surface area (TPSA) is 37.8 Å². The fourth-order valence-corrected chi connectivity index (χ4v) is 3.95. The van der Waals surface area contributed by atoms with Crippen LogP contribution in [0.4, 0.5) is 5.13 Å². The van der Waals surface area contributed by atoms with E-state index in [0.29, 0.717) is 0 Å². The van der Waals surface area contributed by atoms with Gasteiger partial charge in [0.15, 0.2) is 4.34 Å². The minimum atomic E-state index is 0.786. The lowest BCUT2D eigenvalue weighted by molar-refractivity contribution is 0.929. The third-order valence-corrected chi connectivity index (χ3v) is 5.47. The molecule has 5 heteroatoms. The van der Waals surface area contributed by atoms with Gasteiger partial charge in [0.1, 0.15) is 0 Å². The molecule has 0 amide bonds. The van der Waals surface area contributed by atoms with Crippen molar-refractivity contribution in [3.8, 4) is 0 Å². The molecule has 0 aliphatic heterocycles. The molecule has 1 N–H and O–H groups in total. The number of benzene rings is 2. The molecule has 23 heavy (non-hydrogen) atoms. The molecule has 0 aliphatic rings. The van der Waals surface area contributed by atoms with Gasteiger partial charge in [0.25, 0.3) is 0 Å². The van der Waals surface area contributed by atoms with Crippen LogP contribution in [0, 0.1) is 0 Å². The van der Waals surface area contributed by atoms with Crippen molar-refractivity contribution in [2.75, 3.05) is 11.1 Å². The Morgan fingerprint density at radius 2 is 1.57 bits per heavy atom. The molecule has 1 heterocycles. The number of thioether (sulfide) groups is 1. The molecular weight excluding hydrogens is 322 g/mol. The summed E-state index contributed by atoms with van der Waals surface area (Å²) in [5, 5.41) is 12.7. The predicted octanol–water partition coefficient (Wildman–Crippen LogP) is 4.88. The van der Waals surface area contributed by atoms with Crippen molar-refractivity contribution >= 4 is 28.2 Å². The largest absolute Gasteiger partial charge is 0.356 e. The molecule has 0 unspecified atom stereocenters. The quantitative estimate of drug-likeness (QED) is 0.468. The number of aromatic nitrogens is 2. The van der Waals surface area contributed by atoms with E-state index in [9.17, 15) is 0 Å². The van der Waals surface area contributed by atoms with E-state index < -0.39 is 0 Å². The Kier molecular flexibility index (Phi) is 6.06. The molecule has 0 radical (unpaired) electrons. The van der Waals surface area contributed by atoms with Crippen LogP contribution in [0.1, 0.15) is 17.5 Å². The molecule has 0 aliphatic carbocycles. The maximum absolute atomic E-state index is 4.24. The Balaban J connectivity index is 1.39. The van der Waals surface area contributed by atoms with Gasteiger partial charge in [-0.05, 0) is 24.0 Å². The van der Waals surface area contributed by atoms with Gasteiger partial charge < -0.3 is 5.32 Å². The Morgan fingerprint density at radius 1 is 0.870 bits per heavy atom. The fraction of sp³-hybridized carbons (Fsp3) is 0.222. The van der Waals surface area contributed by atoms with Gasteiger partial charge in [0.2, 0.25) is 5.13 Å². The third-order valence-electron chi connectivity index (χ3n) is 3.37. The number of aryl methyl sites for hydroxylation is 1. The summed E-state index contributed by atoms with van der Waals surface area (Å²) in [7, 11) is 0. The lowest BCUT2D eigenvalue weighted by atomic mass is 10.1. The molecule has 3 nitrogen and oxygen atoms in total. The third kappa shape index (κ3) is 5.37. The molecule has 3 aromatic rings. The van der Waals surface area contributed by atoms with Crippen LogP contribution in [-0.2, 0) is 13.0 Å². The van der Waals surface area contributed by atoms with Crippen LogP contribution in [0.5, 0.6) is 0 Å². The zero-order chi connectivity index (χ0) is 15.7. The van der Waals surface area contributed by atoms with Crippen LogP contribution < -0.4 is 5.32 Å². The van der Waals surface area contributed by atoms with Crippen LogP contribution in [-0.4, -0.2) is 16.0 Å². The second-order valence-corrected chi connectivity index (χ2v) is 7.47. The molecule has 0 atom stereocenters. The zero-order valence-corrected chi connectivity index (χ0v) is 14.4. The van der Waals surface area contributed by atoms with Crippen molar-refractivity contribution in [3.63, 3.8) is 0 Å². The van der Waals surface area contributed by atoms with Crippen molar-refractivity contribution in [2.24, 2.45) is 0 Å². The highest BCUT2D eigenvalue weighted by molar-refractivity contribution is 8.01. The predicted molar refractivity (Wildman–Crippen MR) is 99.2 cm³/mol. The van der Waals surface area contributed by atoms with E-state index in [-0.39, 0.29) is 0 Å². The van der Waals surface area contributed by atoms with Crippen LogP contribution >= 0.6 is 23.1 Å². The van der Waals surface area contributed by atoms with Gasteiger partial charge in [-0.15, -0.1) is 10.2 Å². The summed E-state index contributed by atoms with van der Waals surface area (Å²) in [5.41, 5.74) is 2.65. The molecular formula is C18H19N3S2. The number of anilines is 1. The summed E-state index contributed by atoms with van der Waals surface area (Å²) in [6, 6.07) is 20.9. The minimum absolute atomic E-state index is 0.786. The van der Waals surface area contributed by atoms with E-state index in [1.807, 2.05) is 18.2 Å². The van der Waals surface area contributed by atoms with E-state index in [1.165, 1.54) is 11.1 Å². The zero-order valence-electron chi connectivity index (χ0n) is 12.8. The van der Waals surface area contributed by atoms with Gasteiger partial charge in [0.05, 0.1) is 0 Å². The van der Waals surface area contributed by atoms with Gasteiger partial charge in [-0.25, -0.2) is 0 Å². The number of rotatable bonds is 8. The van der Waals surface area contributed by atoms with Gasteiger partial charge >= 0.3 is 0 Å². The standard InChI is InChI=1S/C18H19N3S2/c1-3-8-15(9-4-1)12-7-13-22-18-21-20-17(23-18)19-14-16-10-5-2-6-11-16/h1-6,8-11H,7,12-14H2,(H,19,20). The monoisotopic (exact) mass is 341 g/mol. The highest BCUT2D eigenvalue weighted by Crippen LogP contribution is 2.26. The fourth-order valence-electron chi connectivity index (χ4n) is 2.19. The van der Waals surface area contributed by atoms with Gasteiger partial charge in [-0.2, -0.15) is 0 Å². The first kappa shape index (κ1) is 16.0. The molecule has 0 saturated heterocycles. The Morgan fingerprint density at radius 3 is 2.30 bits per heavy atom. The Labute approximate surface area is 145 Å². The van der Waals surface area contributed by atoms with Crippen molar-refractivity contribution in [1.82, 2.24) is 10.2 Å². The van der Waals surface area contributed by atoms with E-state index in [2.05, 4.69) is 58.0 Å². The molecule has 1 aromatic heterocycles. The SMILES string of the molecule is c1ccc(CCCSc2nnc(NCc3ccccc3)s2)cc1. The molecule has 3 rings (SSSR count). The van der Waals surface area contributed by atoms with Gasteiger partial charge in [0, 0.05) is 12.3 Å². The summed E-state index contributed by atoms with van der Waals surface area (Å²) >= 11 is 3.42. The molecule has 0 saturated carbocycles. The van der Waals surface area contributed by atoms with Crippen molar-refractivity contribution < 1.29 is 0 Å². The molecule has 0 bridgehead atoms. The average Bonchev–Trinajstić information content (AvgIpc) is 3.07. The average molecular weight is 342 g/mol. The smallest absolute Gasteiger partial charge is 0.206 e. The second-order valence-electron chi connectivity index (χ2n) is 5.15. The van der Waals surface area contributed by atoms with E-state index in [1.54, 1.807) is 23.1 Å². The lowest BCUT2D eigenvalue weighted by Gasteiger charge is -2.01. The molecule has 0 fully saturated rings. The van der Waals surface area contributed by atoms with Gasteiger partial charge in [-0.1, -0.05) is 83.8 Å². The lowest BCUT2D eigenvalue weighted by Crippen LogP contribution is -1.98. The van der Waals surface area contributed by atoms with E-state index >= 15 is 0 Å². The summed E-state index contributed by atoms with van der Waals surface area (Å²) in [5.74, 6) is 1.07. The number of hydrogen-bond donors (Lipinski definition) is 1.